The van der Waals surface area contributed by atoms with Crippen LogP contribution in [0.15, 0.2) is 24.4 Å². The van der Waals surface area contributed by atoms with E-state index in [9.17, 15) is 0 Å². The van der Waals surface area contributed by atoms with Gasteiger partial charge in [-0.1, -0.05) is 6.92 Å². The van der Waals surface area contributed by atoms with E-state index < -0.39 is 0 Å². The third-order valence-electron chi connectivity index (χ3n) is 4.24. The monoisotopic (exact) mass is 396 g/mol. The highest BCUT2D eigenvalue weighted by Crippen LogP contribution is 2.30. The van der Waals surface area contributed by atoms with E-state index in [-0.39, 0.29) is 0 Å². The van der Waals surface area contributed by atoms with Crippen LogP contribution in [0.2, 0.25) is 0 Å². The Morgan fingerprint density at radius 3 is 2.86 bits per heavy atom. The molecule has 0 atom stereocenters. The Hall–Kier alpha value is -1.08. The first-order valence-corrected chi connectivity index (χ1v) is 8.58. The molecule has 3 rings (SSSR count). The molecule has 0 unspecified atom stereocenters. The van der Waals surface area contributed by atoms with E-state index in [0.29, 0.717) is 6.04 Å². The van der Waals surface area contributed by atoms with Crippen molar-refractivity contribution in [2.24, 2.45) is 0 Å². The summed E-state index contributed by atoms with van der Waals surface area (Å²) in [5, 5.41) is 4.79. The highest BCUT2D eigenvalue weighted by atomic mass is 127. The lowest BCUT2D eigenvalue weighted by Crippen LogP contribution is -2.39. The number of benzene rings is 1. The molecule has 3 N–H and O–H groups in total. The number of pyridine rings is 1. The second kappa shape index (κ2) is 6.36. The number of hydrogen-bond donors (Lipinski definition) is 2. The summed E-state index contributed by atoms with van der Waals surface area (Å²) in [6.07, 6.45) is 4.10. The Labute approximate surface area is 139 Å². The number of halogens is 1. The van der Waals surface area contributed by atoms with Gasteiger partial charge in [-0.05, 0) is 60.2 Å². The van der Waals surface area contributed by atoms with E-state index in [1.807, 2.05) is 0 Å². The number of nitrogens with zero attached hydrogens (tertiary/aromatic N) is 2. The van der Waals surface area contributed by atoms with Crippen LogP contribution < -0.4 is 11.1 Å². The van der Waals surface area contributed by atoms with E-state index in [1.54, 1.807) is 6.20 Å². The van der Waals surface area contributed by atoms with Crippen molar-refractivity contribution in [2.75, 3.05) is 30.7 Å². The fourth-order valence-corrected chi connectivity index (χ4v) is 3.43. The van der Waals surface area contributed by atoms with Crippen molar-refractivity contribution in [3.8, 4) is 0 Å². The van der Waals surface area contributed by atoms with Crippen LogP contribution in [0.3, 0.4) is 0 Å². The lowest BCUT2D eigenvalue weighted by Gasteiger charge is -2.32. The van der Waals surface area contributed by atoms with Crippen molar-refractivity contribution < 1.29 is 0 Å². The number of nitrogens with two attached hydrogens (primary N) is 1. The quantitative estimate of drug-likeness (QED) is 0.782. The number of likely N-dealkylation sites (tertiary alicyclic amines) is 1. The molecule has 21 heavy (non-hydrogen) atoms. The minimum absolute atomic E-state index is 0.499. The first-order chi connectivity index (χ1) is 10.2. The molecule has 5 heteroatoms. The van der Waals surface area contributed by atoms with Gasteiger partial charge in [0.1, 0.15) is 0 Å². The van der Waals surface area contributed by atoms with Crippen LogP contribution in [-0.4, -0.2) is 35.6 Å². The molecular formula is C16H21IN4. The summed E-state index contributed by atoms with van der Waals surface area (Å²) in [4.78, 5) is 6.92. The Morgan fingerprint density at radius 2 is 2.14 bits per heavy atom. The summed E-state index contributed by atoms with van der Waals surface area (Å²) < 4.78 is 1.20. The van der Waals surface area contributed by atoms with E-state index in [2.05, 4.69) is 62.9 Å². The SMILES string of the molecule is CCN1CCC(Nc2c(N)cnc3ccc(I)cc23)CC1. The third-order valence-corrected chi connectivity index (χ3v) is 4.91. The van der Waals surface area contributed by atoms with Crippen LogP contribution >= 0.6 is 22.6 Å². The zero-order chi connectivity index (χ0) is 14.8. The fourth-order valence-electron chi connectivity index (χ4n) is 2.94. The van der Waals surface area contributed by atoms with Gasteiger partial charge < -0.3 is 16.0 Å². The minimum atomic E-state index is 0.499. The highest BCUT2D eigenvalue weighted by molar-refractivity contribution is 14.1. The maximum atomic E-state index is 6.17. The lowest BCUT2D eigenvalue weighted by molar-refractivity contribution is 0.229. The molecule has 1 aliphatic heterocycles. The summed E-state index contributed by atoms with van der Waals surface area (Å²) in [6, 6.07) is 6.79. The molecule has 4 nitrogen and oxygen atoms in total. The van der Waals surface area contributed by atoms with E-state index in [4.69, 9.17) is 5.73 Å². The first kappa shape index (κ1) is 14.8. The van der Waals surface area contributed by atoms with Crippen molar-refractivity contribution in [3.05, 3.63) is 28.0 Å². The van der Waals surface area contributed by atoms with Gasteiger partial charge in [0.05, 0.1) is 23.1 Å². The predicted molar refractivity (Wildman–Crippen MR) is 97.6 cm³/mol. The second-order valence-corrected chi connectivity index (χ2v) is 6.85. The normalized spacial score (nSPS) is 17.2. The van der Waals surface area contributed by atoms with Gasteiger partial charge in [-0.25, -0.2) is 0 Å². The molecule has 2 aromatic rings. The Balaban J connectivity index is 1.86. The smallest absolute Gasteiger partial charge is 0.0743 e. The molecule has 0 spiro atoms. The van der Waals surface area contributed by atoms with Gasteiger partial charge in [-0.2, -0.15) is 0 Å². The zero-order valence-corrected chi connectivity index (χ0v) is 14.4. The summed E-state index contributed by atoms with van der Waals surface area (Å²) in [5.41, 5.74) is 8.96. The van der Waals surface area contributed by atoms with Gasteiger partial charge in [0.25, 0.3) is 0 Å². The molecule has 0 radical (unpaired) electrons. The zero-order valence-electron chi connectivity index (χ0n) is 12.3. The number of hydrogen-bond acceptors (Lipinski definition) is 4. The first-order valence-electron chi connectivity index (χ1n) is 7.50. The molecule has 0 saturated carbocycles. The molecule has 1 aromatic heterocycles. The number of nitrogens with one attached hydrogen (secondary N) is 1. The molecule has 1 aliphatic rings. The largest absolute Gasteiger partial charge is 0.396 e. The van der Waals surface area contributed by atoms with Crippen molar-refractivity contribution in [2.45, 2.75) is 25.8 Å². The Morgan fingerprint density at radius 1 is 1.38 bits per heavy atom. The average molecular weight is 396 g/mol. The standard InChI is InChI=1S/C16H21IN4/c1-2-21-7-5-12(6-8-21)20-16-13-9-11(17)3-4-15(13)19-10-14(16)18/h3-4,9-10,12H,2,5-8,18H2,1H3,(H,19,20). The van der Waals surface area contributed by atoms with Gasteiger partial charge in [0.2, 0.25) is 0 Å². The molecule has 1 saturated heterocycles. The number of piperidine rings is 1. The fraction of sp³-hybridized carbons (Fsp3) is 0.438. The van der Waals surface area contributed by atoms with Crippen molar-refractivity contribution in [3.63, 3.8) is 0 Å². The van der Waals surface area contributed by atoms with E-state index >= 15 is 0 Å². The summed E-state index contributed by atoms with van der Waals surface area (Å²) in [5.74, 6) is 0. The van der Waals surface area contributed by atoms with Crippen LogP contribution in [0.1, 0.15) is 19.8 Å². The maximum Gasteiger partial charge on any atom is 0.0743 e. The van der Waals surface area contributed by atoms with Crippen LogP contribution in [0.4, 0.5) is 11.4 Å². The topological polar surface area (TPSA) is 54.2 Å². The van der Waals surface area contributed by atoms with Gasteiger partial charge in [-0.15, -0.1) is 0 Å². The van der Waals surface area contributed by atoms with Crippen LogP contribution in [0.5, 0.6) is 0 Å². The van der Waals surface area contributed by atoms with E-state index in [1.165, 1.54) is 16.4 Å². The molecular weight excluding hydrogens is 375 g/mol. The Kier molecular flexibility index (Phi) is 4.49. The molecule has 112 valence electrons. The number of rotatable bonds is 3. The summed E-state index contributed by atoms with van der Waals surface area (Å²) in [7, 11) is 0. The van der Waals surface area contributed by atoms with Gasteiger partial charge in [-0.3, -0.25) is 4.98 Å². The third kappa shape index (κ3) is 3.23. The molecule has 0 aliphatic carbocycles. The average Bonchev–Trinajstić information content (AvgIpc) is 2.51. The van der Waals surface area contributed by atoms with Crippen molar-refractivity contribution >= 4 is 44.9 Å². The molecule has 0 amide bonds. The number of fused-ring (bicyclic) bond motifs is 1. The second-order valence-electron chi connectivity index (χ2n) is 5.60. The molecule has 2 heterocycles. The molecule has 1 aromatic carbocycles. The van der Waals surface area contributed by atoms with Gasteiger partial charge in [0.15, 0.2) is 0 Å². The van der Waals surface area contributed by atoms with Crippen molar-refractivity contribution in [1.29, 1.82) is 0 Å². The number of nitrogen functional groups attached to an aromatic ring is 1. The van der Waals surface area contributed by atoms with Gasteiger partial charge in [0, 0.05) is 28.1 Å². The predicted octanol–water partition coefficient (Wildman–Crippen LogP) is 3.32. The van der Waals surface area contributed by atoms with Crippen LogP contribution in [0.25, 0.3) is 10.9 Å². The summed E-state index contributed by atoms with van der Waals surface area (Å²) >= 11 is 2.33. The maximum absolute atomic E-state index is 6.17. The van der Waals surface area contributed by atoms with Crippen LogP contribution in [-0.2, 0) is 0 Å². The Bertz CT molecular complexity index is 630. The summed E-state index contributed by atoms with van der Waals surface area (Å²) in [6.45, 7) is 5.69. The number of aromatic nitrogens is 1. The lowest BCUT2D eigenvalue weighted by atomic mass is 10.0. The van der Waals surface area contributed by atoms with Crippen LogP contribution in [0, 0.1) is 3.57 Å². The van der Waals surface area contributed by atoms with Crippen molar-refractivity contribution in [1.82, 2.24) is 9.88 Å². The molecule has 1 fully saturated rings. The molecule has 0 bridgehead atoms. The number of anilines is 2. The highest BCUT2D eigenvalue weighted by Gasteiger charge is 2.19. The minimum Gasteiger partial charge on any atom is -0.396 e. The van der Waals surface area contributed by atoms with Gasteiger partial charge >= 0.3 is 0 Å². The van der Waals surface area contributed by atoms with E-state index in [0.717, 1.165) is 41.9 Å².